The number of fused-ring (bicyclic) bond motifs is 1. The summed E-state index contributed by atoms with van der Waals surface area (Å²) in [6.07, 6.45) is 5.45. The molecule has 4 heterocycles. The zero-order valence-corrected chi connectivity index (χ0v) is 19.3. The second-order valence-electron chi connectivity index (χ2n) is 7.79. The average molecular weight is 462 g/mol. The maximum Gasteiger partial charge on any atom is 0.260 e. The molecule has 2 aromatic heterocycles. The second-order valence-corrected chi connectivity index (χ2v) is 10.6. The minimum Gasteiger partial charge on any atom is -0.611 e. The lowest BCUT2D eigenvalue weighted by molar-refractivity contribution is 0.0761. The van der Waals surface area contributed by atoms with E-state index in [0.717, 1.165) is 51.5 Å². The van der Waals surface area contributed by atoms with Gasteiger partial charge in [-0.2, -0.15) is 0 Å². The lowest BCUT2D eigenvalue weighted by Crippen LogP contribution is -2.47. The zero-order chi connectivity index (χ0) is 21.8. The first-order valence-corrected chi connectivity index (χ1v) is 12.7. The van der Waals surface area contributed by atoms with Crippen LogP contribution in [0.1, 0.15) is 39.8 Å². The molecule has 2 aliphatic rings. The fourth-order valence-corrected chi connectivity index (χ4v) is 6.53. The van der Waals surface area contributed by atoms with Crippen LogP contribution < -0.4 is 4.90 Å². The van der Waals surface area contributed by atoms with Crippen LogP contribution >= 0.6 is 11.3 Å². The van der Waals surface area contributed by atoms with E-state index in [1.165, 1.54) is 18.3 Å². The van der Waals surface area contributed by atoms with Crippen LogP contribution in [0.4, 0.5) is 5.95 Å². The van der Waals surface area contributed by atoms with Gasteiger partial charge >= 0.3 is 0 Å². The lowest BCUT2D eigenvalue weighted by Gasteiger charge is -2.34. The van der Waals surface area contributed by atoms with Crippen molar-refractivity contribution in [2.24, 2.45) is 0 Å². The zero-order valence-electron chi connectivity index (χ0n) is 17.7. The molecule has 166 valence electrons. The molecule has 0 aromatic carbocycles. The summed E-state index contributed by atoms with van der Waals surface area (Å²) in [5.74, 6) is 1.04. The van der Waals surface area contributed by atoms with Crippen molar-refractivity contribution in [2.75, 3.05) is 56.5 Å². The maximum atomic E-state index is 12.9. The van der Waals surface area contributed by atoms with E-state index in [4.69, 9.17) is 0 Å². The Balaban J connectivity index is 1.23. The summed E-state index contributed by atoms with van der Waals surface area (Å²) in [6, 6.07) is 3.45. The molecule has 0 saturated carbocycles. The molecule has 31 heavy (non-hydrogen) atoms. The predicted octanol–water partition coefficient (Wildman–Crippen LogP) is 1.91. The Morgan fingerprint density at radius 2 is 1.84 bits per heavy atom. The van der Waals surface area contributed by atoms with Crippen molar-refractivity contribution in [3.63, 3.8) is 0 Å². The number of anilines is 1. The molecule has 1 atom stereocenters. The Labute approximate surface area is 189 Å². The first kappa shape index (κ1) is 22.2. The van der Waals surface area contributed by atoms with Gasteiger partial charge in [-0.25, -0.2) is 9.97 Å². The smallest absolute Gasteiger partial charge is 0.260 e. The number of thiophene rings is 1. The fraction of sp³-hybridized carbons (Fsp3) is 0.524. The minimum absolute atomic E-state index is 0.0895. The standard InChI is InChI=1S/C21H27N5O3S2/c1-16(27)18-15-17-19(28)25(13-14-31(29)20(17)30-18)8-3-2-7-24-9-11-26(12-10-24)21-22-5-4-6-23-21/h4-6,15H,2-3,7-14H2,1H3. The molecule has 1 fully saturated rings. The molecule has 1 amide bonds. The molecule has 0 bridgehead atoms. The number of ketones is 1. The first-order chi connectivity index (χ1) is 15.0. The average Bonchev–Trinajstić information content (AvgIpc) is 3.21. The molecule has 4 rings (SSSR count). The van der Waals surface area contributed by atoms with Gasteiger partial charge in [-0.3, -0.25) is 14.5 Å². The summed E-state index contributed by atoms with van der Waals surface area (Å²) in [5.41, 5.74) is 0.449. The number of Topliss-reactive ketones (excluding diaryl/α,β-unsaturated/α-hetero) is 1. The van der Waals surface area contributed by atoms with Crippen LogP contribution in [-0.4, -0.2) is 87.6 Å². The second kappa shape index (κ2) is 10.1. The van der Waals surface area contributed by atoms with Crippen molar-refractivity contribution in [3.05, 3.63) is 35.0 Å². The number of carbonyl (C=O) groups excluding carboxylic acids is 2. The highest BCUT2D eigenvalue weighted by atomic mass is 32.2. The van der Waals surface area contributed by atoms with E-state index in [0.29, 0.717) is 33.5 Å². The summed E-state index contributed by atoms with van der Waals surface area (Å²) in [5, 5.41) is 0. The fourth-order valence-electron chi connectivity index (χ4n) is 3.90. The summed E-state index contributed by atoms with van der Waals surface area (Å²) < 4.78 is 13.1. The number of hydrogen-bond donors (Lipinski definition) is 0. The van der Waals surface area contributed by atoms with Crippen molar-refractivity contribution in [1.82, 2.24) is 19.8 Å². The van der Waals surface area contributed by atoms with E-state index in [2.05, 4.69) is 19.8 Å². The van der Waals surface area contributed by atoms with Crippen LogP contribution in [0, 0.1) is 0 Å². The Morgan fingerprint density at radius 3 is 2.55 bits per heavy atom. The molecule has 0 aliphatic carbocycles. The number of unbranched alkanes of at least 4 members (excludes halogenated alkanes) is 1. The van der Waals surface area contributed by atoms with Gasteiger partial charge in [0.2, 0.25) is 10.2 Å². The maximum absolute atomic E-state index is 12.9. The van der Waals surface area contributed by atoms with Crippen LogP contribution in [0.15, 0.2) is 28.7 Å². The highest BCUT2D eigenvalue weighted by molar-refractivity contribution is 7.93. The van der Waals surface area contributed by atoms with Gasteiger partial charge in [-0.1, -0.05) is 11.3 Å². The molecular weight excluding hydrogens is 434 g/mol. The van der Waals surface area contributed by atoms with Crippen LogP contribution in [0.3, 0.4) is 0 Å². The summed E-state index contributed by atoms with van der Waals surface area (Å²) in [7, 11) is 0. The molecular formula is C21H27N5O3S2. The third-order valence-corrected chi connectivity index (χ3v) is 8.70. The molecule has 8 nitrogen and oxygen atoms in total. The van der Waals surface area contributed by atoms with Gasteiger partial charge in [-0.05, 0) is 49.6 Å². The molecule has 10 heteroatoms. The molecule has 1 saturated heterocycles. The first-order valence-electron chi connectivity index (χ1n) is 10.6. The van der Waals surface area contributed by atoms with E-state index >= 15 is 0 Å². The Morgan fingerprint density at radius 1 is 1.13 bits per heavy atom. The van der Waals surface area contributed by atoms with Gasteiger partial charge in [-0.15, -0.1) is 0 Å². The molecule has 2 aromatic rings. The minimum atomic E-state index is -1.22. The number of piperazine rings is 1. The Bertz CT molecular complexity index is 915. The van der Waals surface area contributed by atoms with Gasteiger partial charge in [0, 0.05) is 45.1 Å². The monoisotopic (exact) mass is 461 g/mol. The van der Waals surface area contributed by atoms with Crippen molar-refractivity contribution in [1.29, 1.82) is 0 Å². The topological polar surface area (TPSA) is 92.7 Å². The third kappa shape index (κ3) is 5.25. The van der Waals surface area contributed by atoms with E-state index < -0.39 is 11.2 Å². The van der Waals surface area contributed by atoms with E-state index in [1.807, 2.05) is 6.07 Å². The highest BCUT2D eigenvalue weighted by Gasteiger charge is 2.33. The molecule has 2 aliphatic heterocycles. The van der Waals surface area contributed by atoms with Crippen molar-refractivity contribution >= 4 is 40.2 Å². The number of hydrogen-bond acceptors (Lipinski definition) is 8. The van der Waals surface area contributed by atoms with E-state index in [9.17, 15) is 14.1 Å². The lowest BCUT2D eigenvalue weighted by atomic mass is 10.2. The van der Waals surface area contributed by atoms with Crippen LogP contribution in [0.2, 0.25) is 0 Å². The predicted molar refractivity (Wildman–Crippen MR) is 121 cm³/mol. The highest BCUT2D eigenvalue weighted by Crippen LogP contribution is 2.31. The van der Waals surface area contributed by atoms with E-state index in [1.54, 1.807) is 23.4 Å². The molecule has 0 radical (unpaired) electrons. The quantitative estimate of drug-likeness (QED) is 0.353. The van der Waals surface area contributed by atoms with Crippen molar-refractivity contribution in [3.8, 4) is 0 Å². The Hall–Kier alpha value is -2.01. The summed E-state index contributed by atoms with van der Waals surface area (Å²) in [6.45, 7) is 7.41. The SMILES string of the molecule is CC(=O)c1cc2c(s1)[S+]([O-])CCN(CCCCN1CCN(c3ncccn3)CC1)C2=O. The third-order valence-electron chi connectivity index (χ3n) is 5.68. The van der Waals surface area contributed by atoms with Gasteiger partial charge in [0.05, 0.1) is 11.4 Å². The van der Waals surface area contributed by atoms with Crippen LogP contribution in [0.5, 0.6) is 0 Å². The summed E-state index contributed by atoms with van der Waals surface area (Å²) in [4.78, 5) is 40.2. The number of aromatic nitrogens is 2. The molecule has 0 N–H and O–H groups in total. The summed E-state index contributed by atoms with van der Waals surface area (Å²) >= 11 is -0.0198. The van der Waals surface area contributed by atoms with Crippen molar-refractivity contribution in [2.45, 2.75) is 24.0 Å². The van der Waals surface area contributed by atoms with Gasteiger partial charge in [0.1, 0.15) is 11.3 Å². The molecule has 0 spiro atoms. The van der Waals surface area contributed by atoms with Crippen LogP contribution in [-0.2, 0) is 11.2 Å². The van der Waals surface area contributed by atoms with Gasteiger partial charge < -0.3 is 14.4 Å². The van der Waals surface area contributed by atoms with Crippen molar-refractivity contribution < 1.29 is 14.1 Å². The van der Waals surface area contributed by atoms with Crippen LogP contribution in [0.25, 0.3) is 0 Å². The van der Waals surface area contributed by atoms with E-state index in [-0.39, 0.29) is 11.7 Å². The number of carbonyl (C=O) groups is 2. The number of nitrogens with zero attached hydrogens (tertiary/aromatic N) is 5. The number of rotatable bonds is 7. The number of amides is 1. The van der Waals surface area contributed by atoms with Gasteiger partial charge in [0.25, 0.3) is 5.91 Å². The Kier molecular flexibility index (Phi) is 7.21. The normalized spacial score (nSPS) is 19.9. The van der Waals surface area contributed by atoms with Gasteiger partial charge in [0.15, 0.2) is 5.78 Å². The molecule has 1 unspecified atom stereocenters. The largest absolute Gasteiger partial charge is 0.611 e.